The number of nitrogens with zero attached hydrogens (tertiary/aromatic N) is 1. The van der Waals surface area contributed by atoms with E-state index in [1.54, 1.807) is 13.8 Å². The van der Waals surface area contributed by atoms with Crippen LogP contribution in [0.25, 0.3) is 0 Å². The second-order valence-electron chi connectivity index (χ2n) is 4.78. The van der Waals surface area contributed by atoms with E-state index < -0.39 is 21.5 Å². The van der Waals surface area contributed by atoms with Crippen LogP contribution < -0.4 is 21.7 Å². The highest BCUT2D eigenvalue weighted by molar-refractivity contribution is 9.10. The van der Waals surface area contributed by atoms with Crippen molar-refractivity contribution in [3.63, 3.8) is 0 Å². The van der Waals surface area contributed by atoms with Crippen molar-refractivity contribution in [2.45, 2.75) is 30.7 Å². The zero-order chi connectivity index (χ0) is 15.6. The number of nitrogens with two attached hydrogens (primary N) is 2. The van der Waals surface area contributed by atoms with Crippen LogP contribution in [-0.2, 0) is 14.8 Å². The molecule has 0 atom stereocenters. The lowest BCUT2D eigenvalue weighted by Crippen LogP contribution is -2.46. The summed E-state index contributed by atoms with van der Waals surface area (Å²) in [5.41, 5.74) is 6.27. The second kappa shape index (κ2) is 6.04. The molecule has 0 aliphatic carbocycles. The van der Waals surface area contributed by atoms with Crippen LogP contribution in [0.5, 0.6) is 0 Å². The van der Waals surface area contributed by atoms with E-state index in [9.17, 15) is 13.2 Å². The number of carbonyl (C=O) groups is 1. The van der Waals surface area contributed by atoms with E-state index in [1.165, 1.54) is 12.3 Å². The van der Waals surface area contributed by atoms with Gasteiger partial charge < -0.3 is 11.2 Å². The third-order valence-corrected chi connectivity index (χ3v) is 4.42. The number of aromatic nitrogens is 1. The number of primary amides is 1. The molecule has 0 saturated heterocycles. The molecule has 0 bridgehead atoms. The molecule has 0 unspecified atom stereocenters. The summed E-state index contributed by atoms with van der Waals surface area (Å²) in [4.78, 5) is 14.7. The average molecular weight is 366 g/mol. The van der Waals surface area contributed by atoms with Crippen LogP contribution in [-0.4, -0.2) is 24.8 Å². The molecule has 1 rings (SSSR count). The Hall–Kier alpha value is -1.23. The van der Waals surface area contributed by atoms with Gasteiger partial charge in [0.2, 0.25) is 15.9 Å². The van der Waals surface area contributed by atoms with Gasteiger partial charge >= 0.3 is 0 Å². The number of pyridine rings is 1. The number of hydrogen-bond acceptors (Lipinski definition) is 6. The normalized spacial score (nSPS) is 12.2. The number of hydrazine groups is 1. The van der Waals surface area contributed by atoms with E-state index in [1.807, 2.05) is 0 Å². The fraction of sp³-hybridized carbons (Fsp3) is 0.400. The van der Waals surface area contributed by atoms with Crippen LogP contribution in [0.4, 0.5) is 5.82 Å². The minimum absolute atomic E-state index is 0.00410. The van der Waals surface area contributed by atoms with Crippen LogP contribution >= 0.6 is 15.9 Å². The molecule has 20 heavy (non-hydrogen) atoms. The highest BCUT2D eigenvalue weighted by atomic mass is 79.9. The maximum atomic E-state index is 12.3. The summed E-state index contributed by atoms with van der Waals surface area (Å²) in [6, 6.07) is 1.35. The van der Waals surface area contributed by atoms with Crippen LogP contribution in [0.15, 0.2) is 21.6 Å². The summed E-state index contributed by atoms with van der Waals surface area (Å²) in [5.74, 6) is 4.63. The van der Waals surface area contributed by atoms with E-state index in [-0.39, 0.29) is 17.1 Å². The first-order valence-corrected chi connectivity index (χ1v) is 7.79. The van der Waals surface area contributed by atoms with Gasteiger partial charge in [0.05, 0.1) is 0 Å². The van der Waals surface area contributed by atoms with Gasteiger partial charge in [-0.3, -0.25) is 4.79 Å². The Kier molecular flexibility index (Phi) is 5.08. The van der Waals surface area contributed by atoms with E-state index in [2.05, 4.69) is 31.1 Å². The summed E-state index contributed by atoms with van der Waals surface area (Å²) >= 11 is 3.14. The maximum absolute atomic E-state index is 12.3. The molecule has 1 aromatic heterocycles. The third-order valence-electron chi connectivity index (χ3n) is 2.27. The Morgan fingerprint density at radius 2 is 2.10 bits per heavy atom. The minimum Gasteiger partial charge on any atom is -0.370 e. The molecule has 0 aliphatic rings. The monoisotopic (exact) mass is 365 g/mol. The van der Waals surface area contributed by atoms with Crippen molar-refractivity contribution >= 4 is 37.7 Å². The predicted molar refractivity (Wildman–Crippen MR) is 78.0 cm³/mol. The van der Waals surface area contributed by atoms with Gasteiger partial charge in [0.1, 0.15) is 4.90 Å². The van der Waals surface area contributed by atoms with E-state index in [4.69, 9.17) is 11.6 Å². The van der Waals surface area contributed by atoms with Gasteiger partial charge in [-0.1, -0.05) is 0 Å². The van der Waals surface area contributed by atoms with Gasteiger partial charge in [-0.2, -0.15) is 0 Å². The molecule has 8 nitrogen and oxygen atoms in total. The summed E-state index contributed by atoms with van der Waals surface area (Å²) in [5, 5.41) is 0. The Balaban J connectivity index is 3.17. The quantitative estimate of drug-likeness (QED) is 0.415. The fourth-order valence-electron chi connectivity index (χ4n) is 1.62. The first-order chi connectivity index (χ1) is 9.07. The molecule has 0 radical (unpaired) electrons. The first-order valence-electron chi connectivity index (χ1n) is 5.52. The van der Waals surface area contributed by atoms with Gasteiger partial charge in [-0.25, -0.2) is 24.0 Å². The lowest BCUT2D eigenvalue weighted by molar-refractivity contribution is -0.119. The summed E-state index contributed by atoms with van der Waals surface area (Å²) in [6.45, 7) is 3.10. The lowest BCUT2D eigenvalue weighted by atomic mass is 10.0. The molecule has 6 N–H and O–H groups in total. The van der Waals surface area contributed by atoms with Gasteiger partial charge in [0, 0.05) is 22.6 Å². The summed E-state index contributed by atoms with van der Waals surface area (Å²) in [6.07, 6.45) is 1.27. The standard InChI is InChI=1S/C10H16BrN5O3S/c1-10(2,4-8(12)17)16-20(18,19)7-3-6(11)5-14-9(7)15-13/h3,5,16H,4,13H2,1-2H3,(H2,12,17)(H,14,15). The molecule has 10 heteroatoms. The highest BCUT2D eigenvalue weighted by Crippen LogP contribution is 2.24. The molecule has 1 heterocycles. The van der Waals surface area contributed by atoms with Gasteiger partial charge in [-0.05, 0) is 35.8 Å². The first kappa shape index (κ1) is 16.8. The smallest absolute Gasteiger partial charge is 0.244 e. The zero-order valence-electron chi connectivity index (χ0n) is 11.0. The molecule has 1 amide bonds. The topological polar surface area (TPSA) is 140 Å². The van der Waals surface area contributed by atoms with Crippen molar-refractivity contribution in [3.8, 4) is 0 Å². The number of anilines is 1. The molecular formula is C10H16BrN5O3S. The van der Waals surface area contributed by atoms with Gasteiger partial charge in [0.25, 0.3) is 0 Å². The predicted octanol–water partition coefficient (Wildman–Crippen LogP) is 0.0620. The van der Waals surface area contributed by atoms with Crippen molar-refractivity contribution in [1.29, 1.82) is 0 Å². The maximum Gasteiger partial charge on any atom is 0.244 e. The van der Waals surface area contributed by atoms with Gasteiger partial charge in [-0.15, -0.1) is 0 Å². The molecule has 0 aromatic carbocycles. The van der Waals surface area contributed by atoms with Crippen molar-refractivity contribution in [3.05, 3.63) is 16.7 Å². The Bertz CT molecular complexity index is 617. The summed E-state index contributed by atoms with van der Waals surface area (Å²) < 4.78 is 27.6. The van der Waals surface area contributed by atoms with Gasteiger partial charge in [0.15, 0.2) is 5.82 Å². The number of carbonyl (C=O) groups excluding carboxylic acids is 1. The van der Waals surface area contributed by atoms with Crippen molar-refractivity contribution in [2.24, 2.45) is 11.6 Å². The largest absolute Gasteiger partial charge is 0.370 e. The van der Waals surface area contributed by atoms with Crippen LogP contribution in [0.2, 0.25) is 0 Å². The number of nitrogens with one attached hydrogen (secondary N) is 2. The molecule has 112 valence electrons. The third kappa shape index (κ3) is 4.40. The average Bonchev–Trinajstić information content (AvgIpc) is 2.25. The molecule has 0 saturated carbocycles. The van der Waals surface area contributed by atoms with Crippen molar-refractivity contribution in [1.82, 2.24) is 9.71 Å². The van der Waals surface area contributed by atoms with Crippen molar-refractivity contribution < 1.29 is 13.2 Å². The van der Waals surface area contributed by atoms with Crippen LogP contribution in [0, 0.1) is 0 Å². The minimum atomic E-state index is -3.92. The number of rotatable bonds is 6. The lowest BCUT2D eigenvalue weighted by Gasteiger charge is -2.24. The molecule has 0 spiro atoms. The van der Waals surface area contributed by atoms with Crippen molar-refractivity contribution in [2.75, 3.05) is 5.43 Å². The number of sulfonamides is 1. The zero-order valence-corrected chi connectivity index (χ0v) is 13.4. The molecule has 0 aliphatic heterocycles. The number of nitrogen functional groups attached to an aromatic ring is 1. The van der Waals surface area contributed by atoms with Crippen LogP contribution in [0.1, 0.15) is 20.3 Å². The highest BCUT2D eigenvalue weighted by Gasteiger charge is 2.30. The van der Waals surface area contributed by atoms with Crippen LogP contribution in [0.3, 0.4) is 0 Å². The number of halogens is 1. The van der Waals surface area contributed by atoms with E-state index >= 15 is 0 Å². The fourth-order valence-corrected chi connectivity index (χ4v) is 3.67. The second-order valence-corrected chi connectivity index (χ2v) is 7.34. The molecule has 1 aromatic rings. The SMILES string of the molecule is CC(C)(CC(N)=O)NS(=O)(=O)c1cc(Br)cnc1NN. The summed E-state index contributed by atoms with van der Waals surface area (Å²) in [7, 11) is -3.92. The Labute approximate surface area is 125 Å². The van der Waals surface area contributed by atoms with E-state index in [0.29, 0.717) is 4.47 Å². The molecule has 0 fully saturated rings. The Morgan fingerprint density at radius 3 is 2.60 bits per heavy atom. The molecular weight excluding hydrogens is 350 g/mol. The number of hydrogen-bond donors (Lipinski definition) is 4. The van der Waals surface area contributed by atoms with E-state index in [0.717, 1.165) is 0 Å². The Morgan fingerprint density at radius 1 is 1.50 bits per heavy atom. The number of amides is 1.